The third kappa shape index (κ3) is 42.5. The molecule has 0 rings (SSSR count). The van der Waals surface area contributed by atoms with Gasteiger partial charge in [-0.25, -0.2) is 0 Å². The van der Waals surface area contributed by atoms with E-state index in [9.17, 15) is 20.1 Å². The van der Waals surface area contributed by atoms with Gasteiger partial charge in [0.25, 0.3) is 0 Å². The highest BCUT2D eigenvalue weighted by Gasteiger charge is 2.22. The molecule has 336 valence electrons. The molecule has 0 aliphatic carbocycles. The fourth-order valence-electron chi connectivity index (χ4n) is 7.87. The van der Waals surface area contributed by atoms with Gasteiger partial charge in [0.05, 0.1) is 18.8 Å². The van der Waals surface area contributed by atoms with Gasteiger partial charge >= 0.3 is 0 Å². The standard InChI is InChI=1S/C52H99NO4/c1-3-5-7-9-11-13-14-15-16-17-18-19-20-21-22-23-24-25-26-27-28-29-30-31-32-33-34-35-36-37-39-41-43-45-47-51(56)52(57)53-49(48-54)50(55)46-44-42-40-38-12-10-8-6-4-2/h4,6,12,38,44,46,49-51,54-56H,3,5,7-11,13-37,39-43,45,47-48H2,1-2H3,(H,53,57)/b6-4+,38-12+,46-44+. The number of nitrogens with one attached hydrogen (secondary N) is 1. The van der Waals surface area contributed by atoms with Crippen LogP contribution < -0.4 is 5.32 Å². The van der Waals surface area contributed by atoms with Crippen molar-refractivity contribution in [2.24, 2.45) is 0 Å². The van der Waals surface area contributed by atoms with Crippen LogP contribution >= 0.6 is 0 Å². The van der Waals surface area contributed by atoms with Crippen molar-refractivity contribution in [3.63, 3.8) is 0 Å². The van der Waals surface area contributed by atoms with Crippen LogP contribution in [0.5, 0.6) is 0 Å². The summed E-state index contributed by atoms with van der Waals surface area (Å²) >= 11 is 0. The summed E-state index contributed by atoms with van der Waals surface area (Å²) in [5.41, 5.74) is 0. The van der Waals surface area contributed by atoms with Crippen LogP contribution in [0.3, 0.4) is 0 Å². The SMILES string of the molecule is C/C=C/CC/C=C/CC/C=C/C(O)C(CO)NC(=O)C(O)CCCCCCCCCCCCCCCCCCCCCCCCCCCCCCCCCCCC. The summed E-state index contributed by atoms with van der Waals surface area (Å²) in [5.74, 6) is -0.517. The maximum atomic E-state index is 12.4. The molecule has 0 aromatic carbocycles. The molecular weight excluding hydrogens is 703 g/mol. The van der Waals surface area contributed by atoms with Crippen molar-refractivity contribution >= 4 is 5.91 Å². The summed E-state index contributed by atoms with van der Waals surface area (Å²) in [5, 5.41) is 33.0. The number of hydrogen-bond donors (Lipinski definition) is 4. The topological polar surface area (TPSA) is 89.8 Å². The Morgan fingerprint density at radius 2 is 0.754 bits per heavy atom. The van der Waals surface area contributed by atoms with E-state index in [0.29, 0.717) is 6.42 Å². The minimum atomic E-state index is -1.11. The van der Waals surface area contributed by atoms with Crippen LogP contribution in [0.25, 0.3) is 0 Å². The molecule has 0 heterocycles. The molecule has 0 spiro atoms. The lowest BCUT2D eigenvalue weighted by molar-refractivity contribution is -0.131. The Kier molecular flexibility index (Phi) is 46.1. The quantitative estimate of drug-likeness (QED) is 0.0365. The van der Waals surface area contributed by atoms with Gasteiger partial charge in [-0.3, -0.25) is 4.79 Å². The molecule has 4 N–H and O–H groups in total. The second-order valence-electron chi connectivity index (χ2n) is 17.4. The van der Waals surface area contributed by atoms with Crippen LogP contribution in [0.2, 0.25) is 0 Å². The predicted molar refractivity (Wildman–Crippen MR) is 250 cm³/mol. The molecule has 0 aromatic rings. The van der Waals surface area contributed by atoms with Crippen molar-refractivity contribution in [3.05, 3.63) is 36.5 Å². The van der Waals surface area contributed by atoms with Gasteiger partial charge in [-0.1, -0.05) is 262 Å². The van der Waals surface area contributed by atoms with Crippen molar-refractivity contribution in [2.75, 3.05) is 6.61 Å². The highest BCUT2D eigenvalue weighted by molar-refractivity contribution is 5.80. The number of amides is 1. The van der Waals surface area contributed by atoms with E-state index in [1.54, 1.807) is 6.08 Å². The fraction of sp³-hybridized carbons (Fsp3) is 0.865. The van der Waals surface area contributed by atoms with Crippen molar-refractivity contribution in [2.45, 2.75) is 283 Å². The van der Waals surface area contributed by atoms with Crippen LogP contribution in [0, 0.1) is 0 Å². The summed E-state index contributed by atoms with van der Waals surface area (Å²) in [4.78, 5) is 12.4. The van der Waals surface area contributed by atoms with Crippen molar-refractivity contribution < 1.29 is 20.1 Å². The van der Waals surface area contributed by atoms with E-state index >= 15 is 0 Å². The Labute approximate surface area is 355 Å². The van der Waals surface area contributed by atoms with E-state index in [0.717, 1.165) is 44.9 Å². The second-order valence-corrected chi connectivity index (χ2v) is 17.4. The summed E-state index contributed by atoms with van der Waals surface area (Å²) in [6.45, 7) is 3.94. The first kappa shape index (κ1) is 55.6. The molecule has 0 aromatic heterocycles. The molecule has 0 saturated heterocycles. The molecule has 3 unspecified atom stereocenters. The summed E-state index contributed by atoms with van der Waals surface area (Å²) in [6.07, 6.45) is 61.2. The first-order chi connectivity index (χ1) is 28.1. The van der Waals surface area contributed by atoms with E-state index in [-0.39, 0.29) is 6.61 Å². The molecule has 0 bridgehead atoms. The summed E-state index contributed by atoms with van der Waals surface area (Å²) < 4.78 is 0. The third-order valence-corrected chi connectivity index (χ3v) is 11.8. The Hall–Kier alpha value is -1.43. The van der Waals surface area contributed by atoms with E-state index in [1.165, 1.54) is 199 Å². The molecule has 0 radical (unpaired) electrons. The van der Waals surface area contributed by atoms with Gasteiger partial charge in [0, 0.05) is 0 Å². The summed E-state index contributed by atoms with van der Waals surface area (Å²) in [6, 6.07) is -0.817. The molecule has 3 atom stereocenters. The van der Waals surface area contributed by atoms with Crippen LogP contribution in [-0.2, 0) is 4.79 Å². The minimum Gasteiger partial charge on any atom is -0.394 e. The first-order valence-corrected chi connectivity index (χ1v) is 25.3. The van der Waals surface area contributed by atoms with Gasteiger partial charge in [0.15, 0.2) is 0 Å². The lowest BCUT2D eigenvalue weighted by Gasteiger charge is -2.21. The zero-order chi connectivity index (χ0) is 41.5. The van der Waals surface area contributed by atoms with Crippen LogP contribution in [0.4, 0.5) is 0 Å². The number of rotatable bonds is 46. The number of aliphatic hydroxyl groups is 3. The number of carbonyl (C=O) groups excluding carboxylic acids is 1. The molecule has 1 amide bonds. The maximum Gasteiger partial charge on any atom is 0.249 e. The van der Waals surface area contributed by atoms with Gasteiger partial charge in [-0.15, -0.1) is 0 Å². The zero-order valence-electron chi connectivity index (χ0n) is 38.2. The van der Waals surface area contributed by atoms with Crippen LogP contribution in [-0.4, -0.2) is 46.1 Å². The smallest absolute Gasteiger partial charge is 0.249 e. The van der Waals surface area contributed by atoms with Gasteiger partial charge in [0.1, 0.15) is 6.10 Å². The third-order valence-electron chi connectivity index (χ3n) is 11.8. The van der Waals surface area contributed by atoms with E-state index in [2.05, 4.69) is 36.5 Å². The largest absolute Gasteiger partial charge is 0.394 e. The minimum absolute atomic E-state index is 0.380. The van der Waals surface area contributed by atoms with Crippen LogP contribution in [0.1, 0.15) is 264 Å². The molecule has 5 nitrogen and oxygen atoms in total. The van der Waals surface area contributed by atoms with Crippen LogP contribution in [0.15, 0.2) is 36.5 Å². The molecule has 0 aliphatic rings. The monoisotopic (exact) mass is 802 g/mol. The van der Waals surface area contributed by atoms with Gasteiger partial charge in [0.2, 0.25) is 5.91 Å². The highest BCUT2D eigenvalue weighted by Crippen LogP contribution is 2.17. The summed E-state index contributed by atoms with van der Waals surface area (Å²) in [7, 11) is 0. The Morgan fingerprint density at radius 1 is 0.456 bits per heavy atom. The zero-order valence-corrected chi connectivity index (χ0v) is 38.2. The normalized spacial score (nSPS) is 13.7. The molecule has 57 heavy (non-hydrogen) atoms. The number of unbranched alkanes of at least 4 members (excludes halogenated alkanes) is 35. The maximum absolute atomic E-state index is 12.4. The highest BCUT2D eigenvalue weighted by atomic mass is 16.3. The van der Waals surface area contributed by atoms with Crippen molar-refractivity contribution in [3.8, 4) is 0 Å². The number of carbonyl (C=O) groups is 1. The average molecular weight is 802 g/mol. The Bertz CT molecular complexity index is 885. The first-order valence-electron chi connectivity index (χ1n) is 25.3. The Balaban J connectivity index is 3.42. The van der Waals surface area contributed by atoms with Gasteiger partial charge in [-0.2, -0.15) is 0 Å². The molecular formula is C52H99NO4. The van der Waals surface area contributed by atoms with Crippen molar-refractivity contribution in [1.29, 1.82) is 0 Å². The number of hydrogen-bond acceptors (Lipinski definition) is 4. The van der Waals surface area contributed by atoms with E-state index < -0.39 is 24.2 Å². The number of allylic oxidation sites excluding steroid dienone is 5. The fourth-order valence-corrected chi connectivity index (χ4v) is 7.87. The molecule has 5 heteroatoms. The predicted octanol–water partition coefficient (Wildman–Crippen LogP) is 15.1. The second kappa shape index (κ2) is 47.3. The average Bonchev–Trinajstić information content (AvgIpc) is 3.22. The lowest BCUT2D eigenvalue weighted by Crippen LogP contribution is -2.48. The Morgan fingerprint density at radius 3 is 1.07 bits per heavy atom. The molecule has 0 fully saturated rings. The van der Waals surface area contributed by atoms with E-state index in [1.807, 2.05) is 13.0 Å². The van der Waals surface area contributed by atoms with Gasteiger partial charge < -0.3 is 20.6 Å². The van der Waals surface area contributed by atoms with Gasteiger partial charge in [-0.05, 0) is 39.0 Å². The molecule has 0 saturated carbocycles. The molecule has 0 aliphatic heterocycles. The lowest BCUT2D eigenvalue weighted by atomic mass is 10.0. The van der Waals surface area contributed by atoms with E-state index in [4.69, 9.17) is 0 Å². The number of aliphatic hydroxyl groups excluding tert-OH is 3. The van der Waals surface area contributed by atoms with Crippen molar-refractivity contribution in [1.82, 2.24) is 5.32 Å².